The third-order valence-corrected chi connectivity index (χ3v) is 6.13. The van der Waals surface area contributed by atoms with Gasteiger partial charge in [0.2, 0.25) is 0 Å². The molecule has 0 spiro atoms. The molecule has 1 nitrogen and oxygen atoms in total. The van der Waals surface area contributed by atoms with Crippen molar-refractivity contribution in [2.75, 3.05) is 6.61 Å². The molecular formula is C23H40O. The third-order valence-electron chi connectivity index (χ3n) is 6.13. The Bertz CT molecular complexity index is 361. The van der Waals surface area contributed by atoms with Crippen molar-refractivity contribution in [1.82, 2.24) is 0 Å². The van der Waals surface area contributed by atoms with Gasteiger partial charge in [-0.25, -0.2) is 0 Å². The molecule has 0 radical (unpaired) electrons. The van der Waals surface area contributed by atoms with Gasteiger partial charge >= 0.3 is 0 Å². The third kappa shape index (κ3) is 7.60. The summed E-state index contributed by atoms with van der Waals surface area (Å²) in [5, 5.41) is 0. The lowest BCUT2D eigenvalue weighted by atomic mass is 9.79. The Kier molecular flexibility index (Phi) is 9.89. The molecule has 0 bridgehead atoms. The lowest BCUT2D eigenvalue weighted by Gasteiger charge is -2.27. The van der Waals surface area contributed by atoms with Gasteiger partial charge in [0.05, 0.1) is 6.10 Å². The molecule has 2 aliphatic carbocycles. The van der Waals surface area contributed by atoms with Crippen LogP contribution in [0.3, 0.4) is 0 Å². The molecule has 0 amide bonds. The lowest BCUT2D eigenvalue weighted by molar-refractivity contribution is 0.0310. The van der Waals surface area contributed by atoms with E-state index in [-0.39, 0.29) is 0 Å². The molecule has 138 valence electrons. The number of unbranched alkanes of at least 4 members (excludes halogenated alkanes) is 4. The number of hydrogen-bond donors (Lipinski definition) is 0. The highest BCUT2D eigenvalue weighted by atomic mass is 16.5. The monoisotopic (exact) mass is 332 g/mol. The normalized spacial score (nSPS) is 30.6. The molecular weight excluding hydrogens is 292 g/mol. The summed E-state index contributed by atoms with van der Waals surface area (Å²) < 4.78 is 5.74. The highest BCUT2D eigenvalue weighted by Gasteiger charge is 2.21. The predicted octanol–water partition coefficient (Wildman–Crippen LogP) is 6.75. The van der Waals surface area contributed by atoms with E-state index in [0.29, 0.717) is 17.9 Å². The van der Waals surface area contributed by atoms with E-state index < -0.39 is 0 Å². The van der Waals surface area contributed by atoms with E-state index in [1.165, 1.54) is 89.9 Å². The average Bonchev–Trinajstić information content (AvgIpc) is 2.62. The summed E-state index contributed by atoms with van der Waals surface area (Å²) >= 11 is 0. The van der Waals surface area contributed by atoms with E-state index >= 15 is 0 Å². The Labute approximate surface area is 151 Å². The van der Waals surface area contributed by atoms with Gasteiger partial charge in [0.15, 0.2) is 0 Å². The van der Waals surface area contributed by atoms with Gasteiger partial charge in [-0.05, 0) is 64.2 Å². The molecule has 0 aromatic carbocycles. The fourth-order valence-electron chi connectivity index (χ4n) is 4.48. The molecule has 1 heteroatoms. The molecule has 2 fully saturated rings. The van der Waals surface area contributed by atoms with Crippen molar-refractivity contribution >= 4 is 0 Å². The maximum atomic E-state index is 5.74. The Morgan fingerprint density at radius 1 is 0.708 bits per heavy atom. The van der Waals surface area contributed by atoms with Crippen molar-refractivity contribution in [3.8, 4) is 11.8 Å². The van der Waals surface area contributed by atoms with Crippen LogP contribution < -0.4 is 0 Å². The molecule has 0 aromatic rings. The predicted molar refractivity (Wildman–Crippen MR) is 104 cm³/mol. The standard InChI is InChI=1S/C23H40O/c1-3-5-6-7-8-9-20-10-12-21(13-11-20)14-15-22-16-18-23(19-17-22)24-4-2/h20-23H,3-13,16-19H2,1-2H3. The molecule has 0 atom stereocenters. The largest absolute Gasteiger partial charge is 0.379 e. The topological polar surface area (TPSA) is 9.23 Å². The van der Waals surface area contributed by atoms with Crippen molar-refractivity contribution in [3.63, 3.8) is 0 Å². The van der Waals surface area contributed by atoms with Gasteiger partial charge in [0, 0.05) is 18.4 Å². The highest BCUT2D eigenvalue weighted by Crippen LogP contribution is 2.32. The summed E-state index contributed by atoms with van der Waals surface area (Å²) in [5.41, 5.74) is 0. The molecule has 0 aliphatic heterocycles. The first kappa shape index (κ1) is 19.8. The van der Waals surface area contributed by atoms with Gasteiger partial charge in [0.1, 0.15) is 0 Å². The van der Waals surface area contributed by atoms with E-state index in [1.807, 2.05) is 0 Å². The minimum atomic E-state index is 0.515. The smallest absolute Gasteiger partial charge is 0.0575 e. The zero-order chi connectivity index (χ0) is 17.0. The summed E-state index contributed by atoms with van der Waals surface area (Å²) in [6, 6.07) is 0. The van der Waals surface area contributed by atoms with Gasteiger partial charge in [-0.15, -0.1) is 0 Å². The molecule has 0 aromatic heterocycles. The van der Waals surface area contributed by atoms with E-state index in [0.717, 1.165) is 12.5 Å². The molecule has 2 saturated carbocycles. The van der Waals surface area contributed by atoms with Crippen LogP contribution in [0.1, 0.15) is 104 Å². The molecule has 0 heterocycles. The minimum Gasteiger partial charge on any atom is -0.379 e. The van der Waals surface area contributed by atoms with Crippen LogP contribution in [0.25, 0.3) is 0 Å². The first-order valence-electron chi connectivity index (χ1n) is 10.9. The van der Waals surface area contributed by atoms with Crippen LogP contribution in [-0.4, -0.2) is 12.7 Å². The molecule has 0 saturated heterocycles. The number of rotatable bonds is 8. The zero-order valence-corrected chi connectivity index (χ0v) is 16.3. The van der Waals surface area contributed by atoms with E-state index in [9.17, 15) is 0 Å². The Balaban J connectivity index is 1.57. The van der Waals surface area contributed by atoms with Gasteiger partial charge in [-0.3, -0.25) is 0 Å². The number of ether oxygens (including phenoxy) is 1. The van der Waals surface area contributed by atoms with Crippen molar-refractivity contribution in [3.05, 3.63) is 0 Å². The molecule has 2 aliphatic rings. The maximum Gasteiger partial charge on any atom is 0.0575 e. The second-order valence-electron chi connectivity index (χ2n) is 8.14. The molecule has 0 unspecified atom stereocenters. The first-order chi connectivity index (χ1) is 11.8. The van der Waals surface area contributed by atoms with Crippen LogP contribution in [0.15, 0.2) is 0 Å². The van der Waals surface area contributed by atoms with Gasteiger partial charge < -0.3 is 4.74 Å². The average molecular weight is 333 g/mol. The highest BCUT2D eigenvalue weighted by molar-refractivity contribution is 5.09. The van der Waals surface area contributed by atoms with Crippen molar-refractivity contribution in [2.24, 2.45) is 17.8 Å². The van der Waals surface area contributed by atoms with Gasteiger partial charge in [-0.1, -0.05) is 57.3 Å². The van der Waals surface area contributed by atoms with Crippen LogP contribution in [-0.2, 0) is 4.74 Å². The second kappa shape index (κ2) is 12.0. The summed E-state index contributed by atoms with van der Waals surface area (Å²) in [7, 11) is 0. The van der Waals surface area contributed by atoms with Crippen LogP contribution in [0.5, 0.6) is 0 Å². The summed E-state index contributed by atoms with van der Waals surface area (Å²) in [4.78, 5) is 0. The first-order valence-corrected chi connectivity index (χ1v) is 10.9. The summed E-state index contributed by atoms with van der Waals surface area (Å²) in [6.45, 7) is 5.27. The van der Waals surface area contributed by atoms with Crippen molar-refractivity contribution in [1.29, 1.82) is 0 Å². The van der Waals surface area contributed by atoms with Crippen LogP contribution >= 0.6 is 0 Å². The summed E-state index contributed by atoms with van der Waals surface area (Å²) in [5.74, 6) is 9.64. The summed E-state index contributed by atoms with van der Waals surface area (Å²) in [6.07, 6.45) is 19.7. The second-order valence-corrected chi connectivity index (χ2v) is 8.14. The van der Waals surface area contributed by atoms with Crippen LogP contribution in [0, 0.1) is 29.6 Å². The fraction of sp³-hybridized carbons (Fsp3) is 0.913. The van der Waals surface area contributed by atoms with Gasteiger partial charge in [0.25, 0.3) is 0 Å². The zero-order valence-electron chi connectivity index (χ0n) is 16.3. The lowest BCUT2D eigenvalue weighted by Crippen LogP contribution is -2.21. The maximum absolute atomic E-state index is 5.74. The van der Waals surface area contributed by atoms with E-state index in [2.05, 4.69) is 25.7 Å². The number of hydrogen-bond acceptors (Lipinski definition) is 1. The Morgan fingerprint density at radius 3 is 1.88 bits per heavy atom. The molecule has 2 rings (SSSR count). The van der Waals surface area contributed by atoms with Gasteiger partial charge in [-0.2, -0.15) is 0 Å². The Hall–Kier alpha value is -0.480. The fourth-order valence-corrected chi connectivity index (χ4v) is 4.48. The van der Waals surface area contributed by atoms with E-state index in [1.54, 1.807) is 0 Å². The SMILES string of the molecule is CCCCCCCC1CCC(C#CC2CCC(OCC)CC2)CC1. The quantitative estimate of drug-likeness (QED) is 0.353. The molecule has 0 N–H and O–H groups in total. The van der Waals surface area contributed by atoms with Crippen molar-refractivity contribution < 1.29 is 4.74 Å². The van der Waals surface area contributed by atoms with Crippen LogP contribution in [0.4, 0.5) is 0 Å². The van der Waals surface area contributed by atoms with E-state index in [4.69, 9.17) is 4.74 Å². The Morgan fingerprint density at radius 2 is 1.29 bits per heavy atom. The van der Waals surface area contributed by atoms with Crippen LogP contribution in [0.2, 0.25) is 0 Å². The van der Waals surface area contributed by atoms with Crippen molar-refractivity contribution in [2.45, 2.75) is 110 Å². The minimum absolute atomic E-state index is 0.515. The molecule has 24 heavy (non-hydrogen) atoms.